The molecule has 0 heterocycles. The van der Waals surface area contributed by atoms with Gasteiger partial charge in [0.2, 0.25) is 0 Å². The third-order valence-corrected chi connectivity index (χ3v) is 1.51. The van der Waals surface area contributed by atoms with Crippen LogP contribution in [0.3, 0.4) is 0 Å². The van der Waals surface area contributed by atoms with Crippen molar-refractivity contribution in [2.24, 2.45) is 0 Å². The average Bonchev–Trinajstić information content (AvgIpc) is 1.84. The van der Waals surface area contributed by atoms with Gasteiger partial charge in [-0.25, -0.2) is 0 Å². The molecule has 0 aromatic rings. The Balaban J connectivity index is 0. The van der Waals surface area contributed by atoms with E-state index < -0.39 is 7.60 Å². The molecule has 0 unspecified atom stereocenters. The molecular weight excluding hydrogens is 167 g/mol. The molecule has 4 nitrogen and oxygen atoms in total. The molecule has 0 aromatic heterocycles. The van der Waals surface area contributed by atoms with Crippen molar-refractivity contribution in [2.75, 3.05) is 12.8 Å². The lowest BCUT2D eigenvalue weighted by Crippen LogP contribution is -1.90. The number of aliphatic hydroxyl groups excluding tert-OH is 1. The van der Waals surface area contributed by atoms with Gasteiger partial charge in [0.15, 0.2) is 0 Å². The molecule has 0 fully saturated rings. The topological polar surface area (TPSA) is 77.8 Å². The summed E-state index contributed by atoms with van der Waals surface area (Å²) in [4.78, 5) is 16.3. The zero-order valence-corrected chi connectivity index (χ0v) is 7.92. The molecule has 0 aliphatic rings. The molecule has 0 saturated carbocycles. The van der Waals surface area contributed by atoms with E-state index in [4.69, 9.17) is 14.9 Å². The maximum atomic E-state index is 9.97. The van der Waals surface area contributed by atoms with Gasteiger partial charge in [-0.2, -0.15) is 0 Å². The second-order valence-corrected chi connectivity index (χ2v) is 3.95. The third kappa shape index (κ3) is 25.5. The van der Waals surface area contributed by atoms with E-state index in [0.717, 1.165) is 0 Å². The summed E-state index contributed by atoms with van der Waals surface area (Å²) >= 11 is 0. The maximum Gasteiger partial charge on any atom is 0.325 e. The van der Waals surface area contributed by atoms with Crippen molar-refractivity contribution in [3.05, 3.63) is 0 Å². The minimum atomic E-state index is -3.84. The fourth-order valence-corrected chi connectivity index (χ4v) is 0.830. The van der Waals surface area contributed by atoms with E-state index in [9.17, 15) is 4.57 Å². The molecule has 0 saturated heterocycles. The van der Waals surface area contributed by atoms with Gasteiger partial charge in [0.05, 0.1) is 6.16 Å². The summed E-state index contributed by atoms with van der Waals surface area (Å²) in [5.74, 6) is 0. The van der Waals surface area contributed by atoms with E-state index in [-0.39, 0.29) is 19.2 Å². The molecule has 0 aliphatic heterocycles. The first-order valence-corrected chi connectivity index (χ1v) is 5.43. The van der Waals surface area contributed by atoms with Crippen LogP contribution in [0, 0.1) is 0 Å². The average molecular weight is 184 g/mol. The van der Waals surface area contributed by atoms with Gasteiger partial charge in [-0.05, 0) is 6.42 Å². The highest BCUT2D eigenvalue weighted by molar-refractivity contribution is 7.51. The van der Waals surface area contributed by atoms with Crippen LogP contribution in [0.5, 0.6) is 0 Å². The summed E-state index contributed by atoms with van der Waals surface area (Å²) in [7, 11) is -3.84. The fourth-order valence-electron chi connectivity index (χ4n) is 0.277. The first-order chi connectivity index (χ1) is 4.97. The van der Waals surface area contributed by atoms with Crippen molar-refractivity contribution in [3.63, 3.8) is 0 Å². The Morgan fingerprint density at radius 1 is 1.27 bits per heavy atom. The maximum absolute atomic E-state index is 9.97. The van der Waals surface area contributed by atoms with Crippen LogP contribution < -0.4 is 0 Å². The van der Waals surface area contributed by atoms with Crippen molar-refractivity contribution in [1.29, 1.82) is 0 Å². The van der Waals surface area contributed by atoms with Crippen LogP contribution in [0.1, 0.15) is 26.7 Å². The van der Waals surface area contributed by atoms with Gasteiger partial charge >= 0.3 is 7.60 Å². The lowest BCUT2D eigenvalue weighted by molar-refractivity contribution is 0.289. The molecule has 0 bridgehead atoms. The predicted octanol–water partition coefficient (Wildman–Crippen LogP) is 0.963. The molecule has 0 radical (unpaired) electrons. The lowest BCUT2D eigenvalue weighted by atomic mass is 10.5. The van der Waals surface area contributed by atoms with Gasteiger partial charge in [-0.15, -0.1) is 0 Å². The summed E-state index contributed by atoms with van der Waals surface area (Å²) in [6, 6.07) is 0. The van der Waals surface area contributed by atoms with Crippen LogP contribution in [-0.4, -0.2) is 27.7 Å². The monoisotopic (exact) mass is 184 g/mol. The van der Waals surface area contributed by atoms with E-state index in [2.05, 4.69) is 13.8 Å². The Morgan fingerprint density at radius 2 is 1.64 bits per heavy atom. The van der Waals surface area contributed by atoms with E-state index in [1.165, 1.54) is 6.42 Å². The van der Waals surface area contributed by atoms with Crippen molar-refractivity contribution >= 4 is 7.60 Å². The molecule has 5 heteroatoms. The van der Waals surface area contributed by atoms with Crippen molar-refractivity contribution in [3.8, 4) is 0 Å². The number of hydrogen-bond donors (Lipinski definition) is 3. The summed E-state index contributed by atoms with van der Waals surface area (Å²) in [6.07, 6.45) is 1.20. The van der Waals surface area contributed by atoms with Gasteiger partial charge in [0, 0.05) is 6.61 Å². The van der Waals surface area contributed by atoms with Gasteiger partial charge in [0.1, 0.15) is 0 Å². The molecule has 0 aromatic carbocycles. The highest BCUT2D eigenvalue weighted by Crippen LogP contribution is 2.34. The molecular formula is C6H17O4P. The summed E-state index contributed by atoms with van der Waals surface area (Å²) in [6.45, 7) is 4.09. The molecule has 11 heavy (non-hydrogen) atoms. The van der Waals surface area contributed by atoms with Crippen molar-refractivity contribution in [1.82, 2.24) is 0 Å². The second kappa shape index (κ2) is 8.21. The summed E-state index contributed by atoms with van der Waals surface area (Å²) in [5.41, 5.74) is 0. The van der Waals surface area contributed by atoms with Crippen LogP contribution >= 0.6 is 7.60 Å². The Bertz CT molecular complexity index is 109. The van der Waals surface area contributed by atoms with Gasteiger partial charge in [0.25, 0.3) is 0 Å². The Labute approximate surface area is 67.4 Å². The standard InChI is InChI=1S/C3H9O4P.C3H8/c4-2-1-3-8(5,6)7;1-3-2/h4H,1-3H2,(H2,5,6,7);3H2,1-2H3. The van der Waals surface area contributed by atoms with Crippen LogP contribution in [0.25, 0.3) is 0 Å². The van der Waals surface area contributed by atoms with Crippen molar-refractivity contribution in [2.45, 2.75) is 26.7 Å². The van der Waals surface area contributed by atoms with Crippen LogP contribution in [0.15, 0.2) is 0 Å². The Kier molecular flexibility index (Phi) is 10.2. The Hall–Kier alpha value is 0.110. The smallest absolute Gasteiger partial charge is 0.325 e. The third-order valence-electron chi connectivity index (χ3n) is 0.608. The zero-order valence-electron chi connectivity index (χ0n) is 7.03. The fraction of sp³-hybridized carbons (Fsp3) is 1.00. The normalized spacial score (nSPS) is 10.3. The minimum absolute atomic E-state index is 0.162. The quantitative estimate of drug-likeness (QED) is 0.571. The summed E-state index contributed by atoms with van der Waals surface area (Å²) < 4.78 is 9.97. The number of aliphatic hydroxyl groups is 1. The van der Waals surface area contributed by atoms with Gasteiger partial charge < -0.3 is 14.9 Å². The molecule has 0 amide bonds. The Morgan fingerprint density at radius 3 is 1.73 bits per heavy atom. The van der Waals surface area contributed by atoms with E-state index >= 15 is 0 Å². The zero-order chi connectivity index (χ0) is 9.33. The van der Waals surface area contributed by atoms with Crippen molar-refractivity contribution < 1.29 is 19.5 Å². The molecule has 70 valence electrons. The molecule has 0 spiro atoms. The molecule has 0 atom stereocenters. The second-order valence-electron chi connectivity index (χ2n) is 2.17. The van der Waals surface area contributed by atoms with Gasteiger partial charge in [-0.1, -0.05) is 20.3 Å². The largest absolute Gasteiger partial charge is 0.396 e. The lowest BCUT2D eigenvalue weighted by Gasteiger charge is -1.98. The van der Waals surface area contributed by atoms with Crippen LogP contribution in [-0.2, 0) is 4.57 Å². The van der Waals surface area contributed by atoms with Crippen LogP contribution in [0.4, 0.5) is 0 Å². The molecule has 0 rings (SSSR count). The highest BCUT2D eigenvalue weighted by Gasteiger charge is 2.10. The first-order valence-electron chi connectivity index (χ1n) is 3.63. The summed E-state index contributed by atoms with van der Waals surface area (Å²) in [5, 5.41) is 8.09. The van der Waals surface area contributed by atoms with Gasteiger partial charge in [-0.3, -0.25) is 4.57 Å². The van der Waals surface area contributed by atoms with E-state index in [0.29, 0.717) is 0 Å². The first kappa shape index (κ1) is 13.7. The van der Waals surface area contributed by atoms with Crippen LogP contribution in [0.2, 0.25) is 0 Å². The highest BCUT2D eigenvalue weighted by atomic mass is 31.2. The minimum Gasteiger partial charge on any atom is -0.396 e. The van der Waals surface area contributed by atoms with E-state index in [1.807, 2.05) is 0 Å². The molecule has 0 aliphatic carbocycles. The van der Waals surface area contributed by atoms with E-state index in [1.54, 1.807) is 0 Å². The number of hydrogen-bond acceptors (Lipinski definition) is 2. The SMILES string of the molecule is CCC.O=P(O)(O)CCCO. The molecule has 3 N–H and O–H groups in total. The number of rotatable bonds is 3. The predicted molar refractivity (Wildman–Crippen MR) is 44.6 cm³/mol.